The molecule has 2 rings (SSSR count). The molecule has 106 valence electrons. The third-order valence-corrected chi connectivity index (χ3v) is 3.39. The van der Waals surface area contributed by atoms with Crippen LogP contribution in [0.5, 0.6) is 0 Å². The van der Waals surface area contributed by atoms with Gasteiger partial charge in [0.1, 0.15) is 5.82 Å². The fourth-order valence-corrected chi connectivity index (χ4v) is 2.25. The third kappa shape index (κ3) is 4.90. The fourth-order valence-electron chi connectivity index (χ4n) is 2.25. The lowest BCUT2D eigenvalue weighted by Gasteiger charge is -2.18. The molecular formula is C15H22FNO2. The molecule has 3 nitrogen and oxygen atoms in total. The van der Waals surface area contributed by atoms with Crippen LogP contribution in [0, 0.1) is 11.7 Å². The van der Waals surface area contributed by atoms with Gasteiger partial charge in [0, 0.05) is 12.6 Å². The van der Waals surface area contributed by atoms with Crippen LogP contribution >= 0.6 is 0 Å². The summed E-state index contributed by atoms with van der Waals surface area (Å²) in [4.78, 5) is 0. The van der Waals surface area contributed by atoms with Gasteiger partial charge in [0.15, 0.2) is 0 Å². The number of ether oxygens (including phenoxy) is 1. The number of hydrogen-bond acceptors (Lipinski definition) is 3. The highest BCUT2D eigenvalue weighted by molar-refractivity contribution is 5.21. The first kappa shape index (κ1) is 14.4. The molecule has 1 unspecified atom stereocenters. The molecule has 0 amide bonds. The van der Waals surface area contributed by atoms with Crippen LogP contribution in [0.4, 0.5) is 4.39 Å². The normalized spacial score (nSPS) is 16.5. The van der Waals surface area contributed by atoms with Crippen molar-refractivity contribution in [2.45, 2.75) is 25.3 Å². The Morgan fingerprint density at radius 2 is 2.00 bits per heavy atom. The molecule has 0 spiro atoms. The number of aliphatic hydroxyl groups is 1. The molecule has 0 aromatic heterocycles. The van der Waals surface area contributed by atoms with E-state index < -0.39 is 0 Å². The number of benzene rings is 1. The minimum absolute atomic E-state index is 0.0771. The largest absolute Gasteiger partial charge is 0.394 e. The standard InChI is InChI=1S/C15H22FNO2/c16-14-6-4-13(5-7-14)15(12-2-3-12)17-8-1-10-19-11-9-18/h4-7,12,15,17-18H,1-3,8-11H2. The highest BCUT2D eigenvalue weighted by Gasteiger charge is 2.31. The average molecular weight is 267 g/mol. The number of rotatable bonds is 9. The van der Waals surface area contributed by atoms with Crippen LogP contribution in [0.2, 0.25) is 0 Å². The predicted octanol–water partition coefficient (Wildman–Crippen LogP) is 2.27. The summed E-state index contributed by atoms with van der Waals surface area (Å²) in [7, 11) is 0. The Kier molecular flexibility index (Phi) is 5.76. The van der Waals surface area contributed by atoms with Gasteiger partial charge in [-0.05, 0) is 49.4 Å². The first-order valence-corrected chi connectivity index (χ1v) is 6.98. The van der Waals surface area contributed by atoms with Gasteiger partial charge in [-0.3, -0.25) is 0 Å². The van der Waals surface area contributed by atoms with E-state index in [9.17, 15) is 4.39 Å². The molecule has 0 aliphatic heterocycles. The molecule has 1 aromatic carbocycles. The van der Waals surface area contributed by atoms with E-state index in [4.69, 9.17) is 9.84 Å². The lowest BCUT2D eigenvalue weighted by molar-refractivity contribution is 0.0903. The minimum Gasteiger partial charge on any atom is -0.394 e. The van der Waals surface area contributed by atoms with E-state index in [0.29, 0.717) is 25.2 Å². The van der Waals surface area contributed by atoms with Gasteiger partial charge in [-0.1, -0.05) is 12.1 Å². The summed E-state index contributed by atoms with van der Waals surface area (Å²) >= 11 is 0. The summed E-state index contributed by atoms with van der Waals surface area (Å²) in [6.45, 7) is 2.02. The van der Waals surface area contributed by atoms with Crippen LogP contribution in [-0.4, -0.2) is 31.5 Å². The zero-order valence-electron chi connectivity index (χ0n) is 11.1. The Balaban J connectivity index is 1.75. The topological polar surface area (TPSA) is 41.5 Å². The van der Waals surface area contributed by atoms with Gasteiger partial charge >= 0.3 is 0 Å². The van der Waals surface area contributed by atoms with E-state index >= 15 is 0 Å². The smallest absolute Gasteiger partial charge is 0.123 e. The number of halogens is 1. The second kappa shape index (κ2) is 7.58. The molecule has 4 heteroatoms. The molecule has 0 radical (unpaired) electrons. The third-order valence-electron chi connectivity index (χ3n) is 3.39. The quantitative estimate of drug-likeness (QED) is 0.674. The molecule has 0 saturated heterocycles. The van der Waals surface area contributed by atoms with Gasteiger partial charge in [-0.15, -0.1) is 0 Å². The van der Waals surface area contributed by atoms with Crippen molar-refractivity contribution in [1.82, 2.24) is 5.32 Å². The van der Waals surface area contributed by atoms with Crippen molar-refractivity contribution in [2.24, 2.45) is 5.92 Å². The second-order valence-electron chi connectivity index (χ2n) is 5.01. The maximum atomic E-state index is 12.9. The Morgan fingerprint density at radius 1 is 1.26 bits per heavy atom. The van der Waals surface area contributed by atoms with E-state index in [1.54, 1.807) is 0 Å². The van der Waals surface area contributed by atoms with Crippen molar-refractivity contribution < 1.29 is 14.2 Å². The average Bonchev–Trinajstić information content (AvgIpc) is 3.24. The fraction of sp³-hybridized carbons (Fsp3) is 0.600. The molecule has 1 saturated carbocycles. The summed E-state index contributed by atoms with van der Waals surface area (Å²) < 4.78 is 18.2. The second-order valence-corrected chi connectivity index (χ2v) is 5.01. The molecule has 19 heavy (non-hydrogen) atoms. The Labute approximate surface area is 113 Å². The summed E-state index contributed by atoms with van der Waals surface area (Å²) in [6.07, 6.45) is 3.41. The predicted molar refractivity (Wildman–Crippen MR) is 72.4 cm³/mol. The van der Waals surface area contributed by atoms with E-state index in [1.807, 2.05) is 12.1 Å². The van der Waals surface area contributed by atoms with E-state index in [0.717, 1.165) is 13.0 Å². The first-order valence-electron chi connectivity index (χ1n) is 6.98. The summed E-state index contributed by atoms with van der Waals surface area (Å²) in [5, 5.41) is 12.1. The Bertz CT molecular complexity index is 365. The van der Waals surface area contributed by atoms with E-state index in [2.05, 4.69) is 5.32 Å². The summed E-state index contributed by atoms with van der Waals surface area (Å²) in [6, 6.07) is 7.12. The van der Waals surface area contributed by atoms with Crippen LogP contribution in [0.25, 0.3) is 0 Å². The Hall–Kier alpha value is -0.970. The zero-order valence-corrected chi connectivity index (χ0v) is 11.1. The van der Waals surface area contributed by atoms with Crippen molar-refractivity contribution in [2.75, 3.05) is 26.4 Å². The number of hydrogen-bond donors (Lipinski definition) is 2. The molecule has 1 aliphatic carbocycles. The van der Waals surface area contributed by atoms with Crippen molar-refractivity contribution in [3.8, 4) is 0 Å². The highest BCUT2D eigenvalue weighted by Crippen LogP contribution is 2.40. The van der Waals surface area contributed by atoms with Gasteiger partial charge in [-0.2, -0.15) is 0 Å². The molecular weight excluding hydrogens is 245 g/mol. The molecule has 0 bridgehead atoms. The maximum absolute atomic E-state index is 12.9. The van der Waals surface area contributed by atoms with Gasteiger partial charge in [0.25, 0.3) is 0 Å². The van der Waals surface area contributed by atoms with Crippen molar-refractivity contribution in [3.63, 3.8) is 0 Å². The van der Waals surface area contributed by atoms with Gasteiger partial charge < -0.3 is 15.2 Å². The molecule has 1 atom stereocenters. The van der Waals surface area contributed by atoms with E-state index in [1.165, 1.54) is 30.5 Å². The van der Waals surface area contributed by atoms with Crippen molar-refractivity contribution >= 4 is 0 Å². The van der Waals surface area contributed by atoms with Crippen LogP contribution in [0.3, 0.4) is 0 Å². The van der Waals surface area contributed by atoms with Crippen LogP contribution in [0.1, 0.15) is 30.9 Å². The number of nitrogens with one attached hydrogen (secondary N) is 1. The first-order chi connectivity index (χ1) is 9.31. The number of aliphatic hydroxyl groups excluding tert-OH is 1. The van der Waals surface area contributed by atoms with Gasteiger partial charge in [0.2, 0.25) is 0 Å². The summed E-state index contributed by atoms with van der Waals surface area (Å²) in [5.41, 5.74) is 1.17. The van der Waals surface area contributed by atoms with Crippen molar-refractivity contribution in [3.05, 3.63) is 35.6 Å². The van der Waals surface area contributed by atoms with Crippen LogP contribution < -0.4 is 5.32 Å². The SMILES string of the molecule is OCCOCCCNC(c1ccc(F)cc1)C1CC1. The lowest BCUT2D eigenvalue weighted by Crippen LogP contribution is -2.25. The van der Waals surface area contributed by atoms with E-state index in [-0.39, 0.29) is 12.4 Å². The molecule has 1 fully saturated rings. The lowest BCUT2D eigenvalue weighted by atomic mass is 10.0. The molecule has 0 heterocycles. The van der Waals surface area contributed by atoms with Gasteiger partial charge in [0.05, 0.1) is 13.2 Å². The molecule has 1 aromatic rings. The van der Waals surface area contributed by atoms with Gasteiger partial charge in [-0.25, -0.2) is 4.39 Å². The maximum Gasteiger partial charge on any atom is 0.123 e. The van der Waals surface area contributed by atoms with Crippen LogP contribution in [0.15, 0.2) is 24.3 Å². The highest BCUT2D eigenvalue weighted by atomic mass is 19.1. The molecule has 1 aliphatic rings. The zero-order chi connectivity index (χ0) is 13.5. The summed E-state index contributed by atoms with van der Waals surface area (Å²) in [5.74, 6) is 0.500. The monoisotopic (exact) mass is 267 g/mol. The van der Waals surface area contributed by atoms with Crippen molar-refractivity contribution in [1.29, 1.82) is 0 Å². The molecule has 2 N–H and O–H groups in total. The Morgan fingerprint density at radius 3 is 2.63 bits per heavy atom. The minimum atomic E-state index is -0.185. The van der Waals surface area contributed by atoms with Crippen LogP contribution in [-0.2, 0) is 4.74 Å².